The van der Waals surface area contributed by atoms with Crippen LogP contribution in [0.3, 0.4) is 0 Å². The van der Waals surface area contributed by atoms with Gasteiger partial charge in [0, 0.05) is 5.54 Å². The second-order valence-electron chi connectivity index (χ2n) is 5.32. The fourth-order valence-corrected chi connectivity index (χ4v) is 2.14. The predicted octanol–water partition coefficient (Wildman–Crippen LogP) is 3.37. The highest BCUT2D eigenvalue weighted by molar-refractivity contribution is 5.44. The Bertz CT molecular complexity index is 387. The molecule has 1 aliphatic rings. The molecule has 0 unspecified atom stereocenters. The first-order chi connectivity index (χ1) is 6.94. The van der Waals surface area contributed by atoms with Crippen LogP contribution < -0.4 is 5.73 Å². The summed E-state index contributed by atoms with van der Waals surface area (Å²) in [6.45, 7) is 8.87. The third-order valence-electron chi connectivity index (χ3n) is 3.68. The summed E-state index contributed by atoms with van der Waals surface area (Å²) in [5, 5.41) is 0. The largest absolute Gasteiger partial charge is 0.321 e. The van der Waals surface area contributed by atoms with Crippen molar-refractivity contribution in [2.24, 2.45) is 5.73 Å². The molecule has 0 radical (unpaired) electrons. The van der Waals surface area contributed by atoms with E-state index in [2.05, 4.69) is 39.8 Å². The van der Waals surface area contributed by atoms with Crippen LogP contribution in [-0.2, 0) is 5.54 Å². The summed E-state index contributed by atoms with van der Waals surface area (Å²) in [7, 11) is 0. The summed E-state index contributed by atoms with van der Waals surface area (Å²) >= 11 is 0. The molecule has 1 aromatic rings. The Hall–Kier alpha value is -0.820. The molecule has 0 bridgehead atoms. The Balaban J connectivity index is 2.53. The summed E-state index contributed by atoms with van der Waals surface area (Å²) in [6.07, 6.45) is 2.30. The van der Waals surface area contributed by atoms with Crippen LogP contribution in [-0.4, -0.2) is 0 Å². The average Bonchev–Trinajstić information content (AvgIpc) is 2.89. The highest BCUT2D eigenvalue weighted by Gasteiger charge is 2.41. The topological polar surface area (TPSA) is 26.0 Å². The van der Waals surface area contributed by atoms with E-state index in [1.54, 1.807) is 0 Å². The second kappa shape index (κ2) is 3.34. The third kappa shape index (κ3) is 1.81. The van der Waals surface area contributed by atoms with Gasteiger partial charge < -0.3 is 5.73 Å². The van der Waals surface area contributed by atoms with Gasteiger partial charge in [0.25, 0.3) is 0 Å². The normalized spacial score (nSPS) is 18.3. The van der Waals surface area contributed by atoms with Crippen molar-refractivity contribution < 1.29 is 0 Å². The van der Waals surface area contributed by atoms with Crippen LogP contribution in [0.1, 0.15) is 54.9 Å². The third-order valence-corrected chi connectivity index (χ3v) is 3.68. The molecular formula is C14H21N. The van der Waals surface area contributed by atoms with E-state index in [4.69, 9.17) is 5.73 Å². The molecule has 1 fully saturated rings. The summed E-state index contributed by atoms with van der Waals surface area (Å²) in [5.41, 5.74) is 11.9. The first-order valence-electron chi connectivity index (χ1n) is 5.84. The van der Waals surface area contributed by atoms with Crippen molar-refractivity contribution in [3.63, 3.8) is 0 Å². The van der Waals surface area contributed by atoms with E-state index in [0.29, 0.717) is 5.92 Å². The molecule has 1 heteroatoms. The number of hydrogen-bond donors (Lipinski definition) is 1. The Morgan fingerprint density at radius 3 is 2.27 bits per heavy atom. The summed E-state index contributed by atoms with van der Waals surface area (Å²) in [6, 6.07) is 4.62. The first-order valence-corrected chi connectivity index (χ1v) is 5.84. The van der Waals surface area contributed by atoms with Gasteiger partial charge in [0.2, 0.25) is 0 Å². The van der Waals surface area contributed by atoms with Crippen LogP contribution in [0.4, 0.5) is 0 Å². The minimum absolute atomic E-state index is 0.000255. The molecule has 1 nitrogen and oxygen atoms in total. The highest BCUT2D eigenvalue weighted by Crippen LogP contribution is 2.45. The average molecular weight is 203 g/mol. The number of benzene rings is 1. The van der Waals surface area contributed by atoms with Crippen LogP contribution >= 0.6 is 0 Å². The van der Waals surface area contributed by atoms with Gasteiger partial charge in [-0.2, -0.15) is 0 Å². The van der Waals surface area contributed by atoms with E-state index in [1.807, 2.05) is 0 Å². The van der Waals surface area contributed by atoms with E-state index < -0.39 is 0 Å². The molecular weight excluding hydrogens is 182 g/mol. The van der Waals surface area contributed by atoms with Gasteiger partial charge >= 0.3 is 0 Å². The number of nitrogens with two attached hydrogens (primary N) is 1. The van der Waals surface area contributed by atoms with Gasteiger partial charge in [0.05, 0.1) is 0 Å². The van der Waals surface area contributed by atoms with Crippen LogP contribution in [0.15, 0.2) is 12.1 Å². The van der Waals surface area contributed by atoms with Gasteiger partial charge in [-0.3, -0.25) is 0 Å². The quantitative estimate of drug-likeness (QED) is 0.783. The smallest absolute Gasteiger partial charge is 0.0414 e. The second-order valence-corrected chi connectivity index (χ2v) is 5.32. The summed E-state index contributed by atoms with van der Waals surface area (Å²) < 4.78 is 0. The van der Waals surface area contributed by atoms with Gasteiger partial charge in [-0.15, -0.1) is 0 Å². The molecule has 1 aliphatic carbocycles. The lowest BCUT2D eigenvalue weighted by atomic mass is 9.90. The summed E-state index contributed by atoms with van der Waals surface area (Å²) in [5.74, 6) is 0.588. The van der Waals surface area contributed by atoms with Crippen molar-refractivity contribution >= 4 is 0 Å². The van der Waals surface area contributed by atoms with Crippen molar-refractivity contribution in [3.05, 3.63) is 34.4 Å². The fourth-order valence-electron chi connectivity index (χ4n) is 2.14. The lowest BCUT2D eigenvalue weighted by Crippen LogP contribution is -2.21. The Kier molecular flexibility index (Phi) is 2.38. The summed E-state index contributed by atoms with van der Waals surface area (Å²) in [4.78, 5) is 0. The first kappa shape index (κ1) is 10.7. The molecule has 0 spiro atoms. The van der Waals surface area contributed by atoms with Crippen molar-refractivity contribution in [3.8, 4) is 0 Å². The molecule has 15 heavy (non-hydrogen) atoms. The zero-order chi connectivity index (χ0) is 11.2. The molecule has 2 rings (SSSR count). The van der Waals surface area contributed by atoms with E-state index in [1.165, 1.54) is 22.3 Å². The number of aryl methyl sites for hydroxylation is 1. The highest BCUT2D eigenvalue weighted by atomic mass is 14.8. The van der Waals surface area contributed by atoms with Crippen molar-refractivity contribution in [2.75, 3.05) is 0 Å². The monoisotopic (exact) mass is 203 g/mol. The standard InChI is InChI=1S/C14H21N/c1-9(2)12-7-10(3)11(4)13(8-12)14(15)5-6-14/h7-9H,5-6,15H2,1-4H3. The van der Waals surface area contributed by atoms with Crippen LogP contribution in [0.25, 0.3) is 0 Å². The van der Waals surface area contributed by atoms with E-state index in [-0.39, 0.29) is 5.54 Å². The maximum Gasteiger partial charge on any atom is 0.0414 e. The minimum Gasteiger partial charge on any atom is -0.321 e. The Labute approximate surface area is 92.7 Å². The Morgan fingerprint density at radius 2 is 1.80 bits per heavy atom. The van der Waals surface area contributed by atoms with Gasteiger partial charge in [0.1, 0.15) is 0 Å². The molecule has 0 aliphatic heterocycles. The van der Waals surface area contributed by atoms with Gasteiger partial charge in [0.15, 0.2) is 0 Å². The molecule has 0 aromatic heterocycles. The molecule has 0 saturated heterocycles. The zero-order valence-corrected chi connectivity index (χ0v) is 10.2. The van der Waals surface area contributed by atoms with Gasteiger partial charge in [-0.05, 0) is 54.9 Å². The maximum atomic E-state index is 6.31. The SMILES string of the molecule is Cc1cc(C(C)C)cc(C2(N)CC2)c1C. The van der Waals surface area contributed by atoms with Crippen LogP contribution in [0.5, 0.6) is 0 Å². The lowest BCUT2D eigenvalue weighted by Gasteiger charge is -2.18. The van der Waals surface area contributed by atoms with Gasteiger partial charge in [-0.1, -0.05) is 26.0 Å². The van der Waals surface area contributed by atoms with Crippen LogP contribution in [0, 0.1) is 13.8 Å². The fraction of sp³-hybridized carbons (Fsp3) is 0.571. The van der Waals surface area contributed by atoms with E-state index >= 15 is 0 Å². The molecule has 82 valence electrons. The van der Waals surface area contributed by atoms with Crippen molar-refractivity contribution in [1.82, 2.24) is 0 Å². The molecule has 2 N–H and O–H groups in total. The predicted molar refractivity (Wildman–Crippen MR) is 65.1 cm³/mol. The van der Waals surface area contributed by atoms with Crippen molar-refractivity contribution in [1.29, 1.82) is 0 Å². The lowest BCUT2D eigenvalue weighted by molar-refractivity contribution is 0.725. The Morgan fingerprint density at radius 1 is 1.20 bits per heavy atom. The molecule has 1 saturated carbocycles. The minimum atomic E-state index is -0.000255. The van der Waals surface area contributed by atoms with Gasteiger partial charge in [-0.25, -0.2) is 0 Å². The zero-order valence-electron chi connectivity index (χ0n) is 10.2. The van der Waals surface area contributed by atoms with E-state index in [9.17, 15) is 0 Å². The molecule has 1 aromatic carbocycles. The maximum absolute atomic E-state index is 6.31. The molecule has 0 heterocycles. The van der Waals surface area contributed by atoms with E-state index in [0.717, 1.165) is 12.8 Å². The number of rotatable bonds is 2. The molecule has 0 atom stereocenters. The number of hydrogen-bond acceptors (Lipinski definition) is 1. The van der Waals surface area contributed by atoms with Crippen molar-refractivity contribution in [2.45, 2.75) is 52.0 Å². The van der Waals surface area contributed by atoms with Crippen LogP contribution in [0.2, 0.25) is 0 Å². The molecule has 0 amide bonds.